The Kier molecular flexibility index (Phi) is 4.44. The van der Waals surface area contributed by atoms with Crippen LogP contribution in [0.3, 0.4) is 0 Å². The summed E-state index contributed by atoms with van der Waals surface area (Å²) in [7, 11) is -2.54. The van der Waals surface area contributed by atoms with E-state index in [2.05, 4.69) is 4.72 Å². The van der Waals surface area contributed by atoms with Crippen molar-refractivity contribution < 1.29 is 22.7 Å². The minimum atomic E-state index is -3.85. The Balaban J connectivity index is 2.37. The monoisotopic (exact) mass is 311 g/mol. The van der Waals surface area contributed by atoms with Gasteiger partial charge in [-0.25, -0.2) is 12.8 Å². The van der Waals surface area contributed by atoms with E-state index in [-0.39, 0.29) is 22.9 Å². The van der Waals surface area contributed by atoms with Gasteiger partial charge in [0, 0.05) is 6.07 Å². The molecule has 0 radical (unpaired) electrons. The van der Waals surface area contributed by atoms with Crippen LogP contribution in [0.2, 0.25) is 0 Å². The first kappa shape index (κ1) is 15.3. The van der Waals surface area contributed by atoms with Gasteiger partial charge in [-0.15, -0.1) is 0 Å². The summed E-state index contributed by atoms with van der Waals surface area (Å²) in [6, 6.07) is 9.39. The normalized spacial score (nSPS) is 11.2. The highest BCUT2D eigenvalue weighted by molar-refractivity contribution is 7.92. The van der Waals surface area contributed by atoms with Crippen molar-refractivity contribution in [3.8, 4) is 5.75 Å². The van der Waals surface area contributed by atoms with Crippen LogP contribution in [-0.4, -0.2) is 20.6 Å². The molecule has 2 rings (SSSR count). The summed E-state index contributed by atoms with van der Waals surface area (Å²) in [6.45, 7) is -0.261. The molecule has 21 heavy (non-hydrogen) atoms. The Morgan fingerprint density at radius 3 is 2.67 bits per heavy atom. The van der Waals surface area contributed by atoms with Crippen molar-refractivity contribution in [1.29, 1.82) is 0 Å². The number of halogens is 1. The molecule has 0 aromatic heterocycles. The molecule has 0 aliphatic rings. The van der Waals surface area contributed by atoms with Gasteiger partial charge in [0.25, 0.3) is 10.0 Å². The summed E-state index contributed by atoms with van der Waals surface area (Å²) in [5, 5.41) is 9.05. The van der Waals surface area contributed by atoms with Gasteiger partial charge in [0.2, 0.25) is 0 Å². The van der Waals surface area contributed by atoms with E-state index in [9.17, 15) is 12.8 Å². The first-order valence-electron chi connectivity index (χ1n) is 6.02. The van der Waals surface area contributed by atoms with Crippen LogP contribution in [0.25, 0.3) is 0 Å². The molecular formula is C14H14FNO4S. The minimum Gasteiger partial charge on any atom is -0.494 e. The van der Waals surface area contributed by atoms with Crippen LogP contribution in [-0.2, 0) is 16.6 Å². The molecule has 0 aliphatic carbocycles. The largest absolute Gasteiger partial charge is 0.494 e. The van der Waals surface area contributed by atoms with Crippen molar-refractivity contribution in [3.05, 3.63) is 53.8 Å². The number of aliphatic hydroxyl groups excluding tert-OH is 1. The van der Waals surface area contributed by atoms with Crippen LogP contribution in [0.4, 0.5) is 10.1 Å². The zero-order valence-electron chi connectivity index (χ0n) is 11.2. The molecule has 0 saturated carbocycles. The Hall–Kier alpha value is -2.12. The fraction of sp³-hybridized carbons (Fsp3) is 0.143. The molecule has 112 valence electrons. The van der Waals surface area contributed by atoms with E-state index in [0.717, 1.165) is 12.1 Å². The molecule has 2 aromatic rings. The number of rotatable bonds is 5. The van der Waals surface area contributed by atoms with Crippen molar-refractivity contribution in [3.63, 3.8) is 0 Å². The molecule has 0 atom stereocenters. The molecular weight excluding hydrogens is 297 g/mol. The summed E-state index contributed by atoms with van der Waals surface area (Å²) >= 11 is 0. The molecule has 0 bridgehead atoms. The first-order chi connectivity index (χ1) is 9.96. The Labute approximate surface area is 122 Å². The van der Waals surface area contributed by atoms with Gasteiger partial charge >= 0.3 is 0 Å². The molecule has 0 saturated heterocycles. The van der Waals surface area contributed by atoms with Crippen LogP contribution in [0.1, 0.15) is 5.56 Å². The lowest BCUT2D eigenvalue weighted by atomic mass is 10.2. The van der Waals surface area contributed by atoms with Crippen LogP contribution in [0.5, 0.6) is 5.75 Å². The number of ether oxygens (including phenoxy) is 1. The summed E-state index contributed by atoms with van der Waals surface area (Å²) in [5.74, 6) is -0.450. The number of anilines is 1. The second-order valence-electron chi connectivity index (χ2n) is 4.26. The highest BCUT2D eigenvalue weighted by Gasteiger charge is 2.17. The van der Waals surface area contributed by atoms with Gasteiger partial charge in [-0.2, -0.15) is 0 Å². The number of hydrogen-bond donors (Lipinski definition) is 2. The van der Waals surface area contributed by atoms with Gasteiger partial charge in [-0.05, 0) is 29.8 Å². The molecule has 0 spiro atoms. The molecule has 5 nitrogen and oxygen atoms in total. The Bertz CT molecular complexity index is 746. The second kappa shape index (κ2) is 6.11. The predicted octanol–water partition coefficient (Wildman–Crippen LogP) is 2.13. The topological polar surface area (TPSA) is 75.6 Å². The van der Waals surface area contributed by atoms with E-state index in [0.29, 0.717) is 5.56 Å². The average molecular weight is 311 g/mol. The summed E-state index contributed by atoms with van der Waals surface area (Å²) < 4.78 is 44.9. The number of aliphatic hydroxyl groups is 1. The van der Waals surface area contributed by atoms with E-state index in [4.69, 9.17) is 9.84 Å². The zero-order chi connectivity index (χ0) is 15.5. The van der Waals surface area contributed by atoms with Crippen molar-refractivity contribution >= 4 is 15.7 Å². The van der Waals surface area contributed by atoms with Gasteiger partial charge in [-0.3, -0.25) is 4.72 Å². The number of hydrogen-bond acceptors (Lipinski definition) is 4. The van der Waals surface area contributed by atoms with Crippen LogP contribution in [0, 0.1) is 5.82 Å². The maximum absolute atomic E-state index is 13.1. The van der Waals surface area contributed by atoms with Gasteiger partial charge in [-0.1, -0.05) is 12.1 Å². The SMILES string of the molecule is COc1cc(F)ccc1NS(=O)(=O)c1cccc(CO)c1. The predicted molar refractivity (Wildman–Crippen MR) is 76.1 cm³/mol. The lowest BCUT2D eigenvalue weighted by molar-refractivity contribution is 0.281. The van der Waals surface area contributed by atoms with E-state index in [1.54, 1.807) is 6.07 Å². The van der Waals surface area contributed by atoms with Crippen molar-refractivity contribution in [2.24, 2.45) is 0 Å². The maximum Gasteiger partial charge on any atom is 0.262 e. The third-order valence-electron chi connectivity index (χ3n) is 2.80. The highest BCUT2D eigenvalue weighted by atomic mass is 32.2. The van der Waals surface area contributed by atoms with Crippen molar-refractivity contribution in [2.45, 2.75) is 11.5 Å². The Morgan fingerprint density at radius 1 is 1.24 bits per heavy atom. The van der Waals surface area contributed by atoms with Gasteiger partial charge in [0.05, 0.1) is 24.3 Å². The number of methoxy groups -OCH3 is 1. The fourth-order valence-electron chi connectivity index (χ4n) is 1.76. The molecule has 2 aromatic carbocycles. The lowest BCUT2D eigenvalue weighted by Gasteiger charge is -2.12. The van der Waals surface area contributed by atoms with Crippen LogP contribution < -0.4 is 9.46 Å². The van der Waals surface area contributed by atoms with E-state index < -0.39 is 15.8 Å². The first-order valence-corrected chi connectivity index (χ1v) is 7.51. The third kappa shape index (κ3) is 3.50. The Morgan fingerprint density at radius 2 is 2.00 bits per heavy atom. The standard InChI is InChI=1S/C14H14FNO4S/c1-20-14-8-11(15)5-6-13(14)16-21(18,19)12-4-2-3-10(7-12)9-17/h2-8,16-17H,9H2,1H3. The fourth-order valence-corrected chi connectivity index (χ4v) is 2.90. The van der Waals surface area contributed by atoms with E-state index in [1.165, 1.54) is 31.4 Å². The molecule has 0 aliphatic heterocycles. The second-order valence-corrected chi connectivity index (χ2v) is 5.94. The molecule has 7 heteroatoms. The number of sulfonamides is 1. The molecule has 0 amide bonds. The third-order valence-corrected chi connectivity index (χ3v) is 4.16. The molecule has 0 fully saturated rings. The summed E-state index contributed by atoms with van der Waals surface area (Å²) in [5.41, 5.74) is 0.609. The minimum absolute atomic E-state index is 0.000396. The van der Waals surface area contributed by atoms with Gasteiger partial charge in [0.1, 0.15) is 11.6 Å². The van der Waals surface area contributed by atoms with Crippen LogP contribution >= 0.6 is 0 Å². The van der Waals surface area contributed by atoms with E-state index >= 15 is 0 Å². The number of benzene rings is 2. The maximum atomic E-state index is 13.1. The van der Waals surface area contributed by atoms with Crippen molar-refractivity contribution in [2.75, 3.05) is 11.8 Å². The lowest BCUT2D eigenvalue weighted by Crippen LogP contribution is -2.14. The van der Waals surface area contributed by atoms with Gasteiger partial charge in [0.15, 0.2) is 0 Å². The quantitative estimate of drug-likeness (QED) is 0.887. The smallest absolute Gasteiger partial charge is 0.262 e. The zero-order valence-corrected chi connectivity index (χ0v) is 12.0. The highest BCUT2D eigenvalue weighted by Crippen LogP contribution is 2.27. The molecule has 0 unspecified atom stereocenters. The van der Waals surface area contributed by atoms with E-state index in [1.807, 2.05) is 0 Å². The van der Waals surface area contributed by atoms with Crippen molar-refractivity contribution in [1.82, 2.24) is 0 Å². The van der Waals surface area contributed by atoms with Crippen LogP contribution in [0.15, 0.2) is 47.4 Å². The molecule has 0 heterocycles. The van der Waals surface area contributed by atoms with Gasteiger partial charge < -0.3 is 9.84 Å². The summed E-state index contributed by atoms with van der Waals surface area (Å²) in [4.78, 5) is 0.000396. The average Bonchev–Trinajstić information content (AvgIpc) is 2.49. The summed E-state index contributed by atoms with van der Waals surface area (Å²) in [6.07, 6.45) is 0. The number of nitrogens with one attached hydrogen (secondary N) is 1. The molecule has 2 N–H and O–H groups in total.